The summed E-state index contributed by atoms with van der Waals surface area (Å²) in [5.41, 5.74) is 0. The first-order valence-corrected chi connectivity index (χ1v) is 5.45. The fourth-order valence-corrected chi connectivity index (χ4v) is 1.31. The zero-order valence-corrected chi connectivity index (χ0v) is 8.73. The third kappa shape index (κ3) is 6.47. The summed E-state index contributed by atoms with van der Waals surface area (Å²) in [4.78, 5) is 0. The van der Waals surface area contributed by atoms with Crippen LogP contribution in [0.2, 0.25) is 0 Å². The standard InChI is InChI=1S/C14H19/c1-2-4-6-8-10-12-14-13-11-9-7-5-3-1/h1-5,8,10-11,13H,6-7,9,12,14H2/b3-1+,4-2+,10-8-,13-11+. The van der Waals surface area contributed by atoms with E-state index in [2.05, 4.69) is 55.0 Å². The first kappa shape index (κ1) is 11.0. The minimum atomic E-state index is 1.05. The summed E-state index contributed by atoms with van der Waals surface area (Å²) in [6, 6.07) is 0. The average Bonchev–Trinajstić information content (AvgIpc) is 2.22. The molecular formula is C14H19. The van der Waals surface area contributed by atoms with E-state index in [0.717, 1.165) is 19.3 Å². The maximum absolute atomic E-state index is 2.28. The van der Waals surface area contributed by atoms with E-state index >= 15 is 0 Å². The molecule has 0 heteroatoms. The second-order valence-corrected chi connectivity index (χ2v) is 3.38. The Morgan fingerprint density at radius 3 is 2.07 bits per heavy atom. The van der Waals surface area contributed by atoms with Gasteiger partial charge in [0.1, 0.15) is 0 Å². The molecule has 0 heterocycles. The Bertz CT molecular complexity index is 228. The SMILES string of the molecule is [CH]1/C=C/C=C/C/C=C\CC/C=C/CC1. The molecule has 0 aromatic rings. The fourth-order valence-electron chi connectivity index (χ4n) is 1.31. The van der Waals surface area contributed by atoms with E-state index in [1.807, 2.05) is 0 Å². The smallest absolute Gasteiger partial charge is 0.0164 e. The minimum absolute atomic E-state index is 1.05. The molecule has 0 unspecified atom stereocenters. The van der Waals surface area contributed by atoms with Gasteiger partial charge in [-0.15, -0.1) is 0 Å². The molecule has 0 nitrogen and oxygen atoms in total. The Balaban J connectivity index is 2.34. The van der Waals surface area contributed by atoms with Crippen LogP contribution >= 0.6 is 0 Å². The molecule has 1 rings (SSSR count). The molecule has 0 atom stereocenters. The van der Waals surface area contributed by atoms with Crippen LogP contribution in [0.15, 0.2) is 48.6 Å². The molecule has 0 N–H and O–H groups in total. The van der Waals surface area contributed by atoms with E-state index in [1.54, 1.807) is 0 Å². The van der Waals surface area contributed by atoms with E-state index < -0.39 is 0 Å². The predicted molar refractivity (Wildman–Crippen MR) is 63.9 cm³/mol. The van der Waals surface area contributed by atoms with Crippen molar-refractivity contribution in [1.82, 2.24) is 0 Å². The van der Waals surface area contributed by atoms with Gasteiger partial charge in [0.25, 0.3) is 0 Å². The van der Waals surface area contributed by atoms with Gasteiger partial charge < -0.3 is 0 Å². The summed E-state index contributed by atoms with van der Waals surface area (Å²) in [5.74, 6) is 0. The third-order valence-electron chi connectivity index (χ3n) is 2.10. The molecule has 14 heavy (non-hydrogen) atoms. The van der Waals surface area contributed by atoms with Crippen LogP contribution in [-0.4, -0.2) is 0 Å². The maximum Gasteiger partial charge on any atom is -0.0164 e. The van der Waals surface area contributed by atoms with Crippen LogP contribution in [0.1, 0.15) is 32.1 Å². The van der Waals surface area contributed by atoms with Crippen molar-refractivity contribution in [2.45, 2.75) is 32.1 Å². The summed E-state index contributed by atoms with van der Waals surface area (Å²) in [7, 11) is 0. The molecule has 1 aliphatic rings. The van der Waals surface area contributed by atoms with E-state index in [4.69, 9.17) is 0 Å². The van der Waals surface area contributed by atoms with Crippen molar-refractivity contribution in [2.24, 2.45) is 0 Å². The summed E-state index contributed by atoms with van der Waals surface area (Å²) >= 11 is 0. The lowest BCUT2D eigenvalue weighted by molar-refractivity contribution is 0.976. The van der Waals surface area contributed by atoms with Crippen molar-refractivity contribution < 1.29 is 0 Å². The summed E-state index contributed by atoms with van der Waals surface area (Å²) in [6.45, 7) is 0. The molecule has 1 aliphatic carbocycles. The highest BCUT2D eigenvalue weighted by Gasteiger charge is 1.82. The van der Waals surface area contributed by atoms with E-state index in [0.29, 0.717) is 0 Å². The van der Waals surface area contributed by atoms with E-state index in [-0.39, 0.29) is 0 Å². The Hall–Kier alpha value is -1.04. The highest BCUT2D eigenvalue weighted by atomic mass is 13.9. The molecule has 0 amide bonds. The minimum Gasteiger partial charge on any atom is -0.0885 e. The zero-order chi connectivity index (χ0) is 9.90. The first-order chi connectivity index (χ1) is 7.00. The van der Waals surface area contributed by atoms with Crippen LogP contribution in [0.4, 0.5) is 0 Å². The van der Waals surface area contributed by atoms with Crippen molar-refractivity contribution >= 4 is 0 Å². The van der Waals surface area contributed by atoms with Gasteiger partial charge in [-0.3, -0.25) is 0 Å². The molecular weight excluding hydrogens is 168 g/mol. The topological polar surface area (TPSA) is 0 Å². The number of hydrogen-bond acceptors (Lipinski definition) is 0. The van der Waals surface area contributed by atoms with Crippen LogP contribution in [-0.2, 0) is 0 Å². The van der Waals surface area contributed by atoms with E-state index in [9.17, 15) is 0 Å². The number of allylic oxidation sites excluding steroid dienone is 8. The lowest BCUT2D eigenvalue weighted by atomic mass is 10.2. The van der Waals surface area contributed by atoms with Gasteiger partial charge in [0.15, 0.2) is 0 Å². The molecule has 0 bridgehead atoms. The molecule has 0 fully saturated rings. The molecule has 1 radical (unpaired) electrons. The Morgan fingerprint density at radius 2 is 1.21 bits per heavy atom. The first-order valence-electron chi connectivity index (χ1n) is 5.45. The normalized spacial score (nSPS) is 28.6. The quantitative estimate of drug-likeness (QED) is 0.494. The third-order valence-corrected chi connectivity index (χ3v) is 2.10. The summed E-state index contributed by atoms with van der Waals surface area (Å²) < 4.78 is 0. The van der Waals surface area contributed by atoms with Crippen LogP contribution in [0.25, 0.3) is 0 Å². The van der Waals surface area contributed by atoms with Gasteiger partial charge in [0.05, 0.1) is 0 Å². The van der Waals surface area contributed by atoms with Crippen molar-refractivity contribution in [2.75, 3.05) is 0 Å². The average molecular weight is 187 g/mol. The monoisotopic (exact) mass is 187 g/mol. The highest BCUT2D eigenvalue weighted by molar-refractivity contribution is 5.09. The van der Waals surface area contributed by atoms with Crippen molar-refractivity contribution in [3.63, 3.8) is 0 Å². The van der Waals surface area contributed by atoms with Gasteiger partial charge >= 0.3 is 0 Å². The van der Waals surface area contributed by atoms with Crippen LogP contribution in [0.5, 0.6) is 0 Å². The number of rotatable bonds is 0. The second kappa shape index (κ2) is 8.55. The molecule has 0 aromatic heterocycles. The molecule has 0 saturated heterocycles. The van der Waals surface area contributed by atoms with Gasteiger partial charge in [-0.2, -0.15) is 0 Å². The molecule has 0 spiro atoms. The van der Waals surface area contributed by atoms with Gasteiger partial charge in [0.2, 0.25) is 0 Å². The highest BCUT2D eigenvalue weighted by Crippen LogP contribution is 2.01. The molecule has 0 saturated carbocycles. The Labute approximate surface area is 87.7 Å². The summed E-state index contributed by atoms with van der Waals surface area (Å²) in [5, 5.41) is 0. The lowest BCUT2D eigenvalue weighted by Gasteiger charge is -1.91. The van der Waals surface area contributed by atoms with Crippen LogP contribution in [0.3, 0.4) is 0 Å². The van der Waals surface area contributed by atoms with E-state index in [1.165, 1.54) is 12.8 Å². The largest absolute Gasteiger partial charge is 0.0885 e. The zero-order valence-electron chi connectivity index (χ0n) is 8.73. The molecule has 0 aromatic carbocycles. The summed E-state index contributed by atoms with van der Waals surface area (Å²) in [6.07, 6.45) is 25.5. The van der Waals surface area contributed by atoms with Crippen molar-refractivity contribution in [3.8, 4) is 0 Å². The fraction of sp³-hybridized carbons (Fsp3) is 0.357. The predicted octanol–water partition coefficient (Wildman–Crippen LogP) is 4.38. The maximum atomic E-state index is 2.28. The number of hydrogen-bond donors (Lipinski definition) is 0. The van der Waals surface area contributed by atoms with Gasteiger partial charge in [0, 0.05) is 0 Å². The van der Waals surface area contributed by atoms with Crippen LogP contribution in [0, 0.1) is 6.42 Å². The van der Waals surface area contributed by atoms with Crippen molar-refractivity contribution in [1.29, 1.82) is 0 Å². The van der Waals surface area contributed by atoms with Gasteiger partial charge in [-0.05, 0) is 38.5 Å². The molecule has 0 aliphatic heterocycles. The van der Waals surface area contributed by atoms with Gasteiger partial charge in [-0.1, -0.05) is 48.6 Å². The second-order valence-electron chi connectivity index (χ2n) is 3.38. The molecule has 75 valence electrons. The Kier molecular flexibility index (Phi) is 6.74. The Morgan fingerprint density at radius 1 is 0.500 bits per heavy atom. The lowest BCUT2D eigenvalue weighted by Crippen LogP contribution is -1.72. The van der Waals surface area contributed by atoms with Crippen molar-refractivity contribution in [3.05, 3.63) is 55.0 Å². The van der Waals surface area contributed by atoms with Gasteiger partial charge in [-0.25, -0.2) is 0 Å². The van der Waals surface area contributed by atoms with Crippen LogP contribution < -0.4 is 0 Å².